The van der Waals surface area contributed by atoms with Crippen molar-refractivity contribution in [2.75, 3.05) is 19.8 Å². The third kappa shape index (κ3) is 3.74. The van der Waals surface area contributed by atoms with E-state index in [2.05, 4.69) is 13.8 Å². The van der Waals surface area contributed by atoms with E-state index in [1.54, 1.807) is 12.1 Å². The zero-order valence-electron chi connectivity index (χ0n) is 13.3. The van der Waals surface area contributed by atoms with Crippen LogP contribution < -0.4 is 0 Å². The highest BCUT2D eigenvalue weighted by Gasteiger charge is 2.34. The maximum Gasteiger partial charge on any atom is 0.243 e. The Labute approximate surface area is 132 Å². The van der Waals surface area contributed by atoms with E-state index < -0.39 is 16.1 Å². The number of ether oxygens (including phenoxy) is 1. The highest BCUT2D eigenvalue weighted by atomic mass is 32.2. The minimum Gasteiger partial charge on any atom is -0.378 e. The maximum atomic E-state index is 12.8. The standard InChI is InChI=1S/C16H23NO4S/c1-12(2)14-4-6-16(7-5-14)22(19,20)17-8-9-21-11-15(17)10-13(3)18/h4-7,12,15H,8-11H2,1-3H3. The average molecular weight is 325 g/mol. The lowest BCUT2D eigenvalue weighted by Gasteiger charge is -2.34. The predicted molar refractivity (Wildman–Crippen MR) is 84.3 cm³/mol. The molecule has 1 aromatic carbocycles. The monoisotopic (exact) mass is 325 g/mol. The van der Waals surface area contributed by atoms with Crippen molar-refractivity contribution >= 4 is 15.8 Å². The number of rotatable bonds is 5. The average Bonchev–Trinajstić information content (AvgIpc) is 2.47. The molecule has 22 heavy (non-hydrogen) atoms. The Hall–Kier alpha value is -1.24. The molecule has 0 N–H and O–H groups in total. The van der Waals surface area contributed by atoms with E-state index in [0.717, 1.165) is 5.56 Å². The lowest BCUT2D eigenvalue weighted by molar-refractivity contribution is -0.118. The number of morpholine rings is 1. The molecule has 6 heteroatoms. The van der Waals surface area contributed by atoms with Crippen LogP contribution in [0.3, 0.4) is 0 Å². The first-order valence-corrected chi connectivity index (χ1v) is 8.95. The van der Waals surface area contributed by atoms with Crippen molar-refractivity contribution in [2.45, 2.75) is 44.0 Å². The predicted octanol–water partition coefficient (Wildman–Crippen LogP) is 2.18. The maximum absolute atomic E-state index is 12.8. The van der Waals surface area contributed by atoms with Crippen LogP contribution in [-0.4, -0.2) is 44.3 Å². The van der Waals surface area contributed by atoms with Crippen LogP contribution in [-0.2, 0) is 19.6 Å². The molecule has 1 heterocycles. The van der Waals surface area contributed by atoms with E-state index >= 15 is 0 Å². The third-order valence-electron chi connectivity index (χ3n) is 3.85. The van der Waals surface area contributed by atoms with Crippen molar-refractivity contribution in [3.8, 4) is 0 Å². The van der Waals surface area contributed by atoms with Crippen molar-refractivity contribution in [3.05, 3.63) is 29.8 Å². The number of Topliss-reactive ketones (excluding diaryl/α,β-unsaturated/α-hetero) is 1. The van der Waals surface area contributed by atoms with Crippen molar-refractivity contribution in [1.29, 1.82) is 0 Å². The van der Waals surface area contributed by atoms with Gasteiger partial charge in [0.15, 0.2) is 0 Å². The van der Waals surface area contributed by atoms with Crippen LogP contribution in [0.25, 0.3) is 0 Å². The van der Waals surface area contributed by atoms with Gasteiger partial charge in [-0.05, 0) is 30.5 Å². The SMILES string of the molecule is CC(=O)CC1COCCN1S(=O)(=O)c1ccc(C(C)C)cc1. The zero-order valence-corrected chi connectivity index (χ0v) is 14.1. The molecule has 0 saturated carbocycles. The Morgan fingerprint density at radius 2 is 1.95 bits per heavy atom. The van der Waals surface area contributed by atoms with Gasteiger partial charge < -0.3 is 4.74 Å². The van der Waals surface area contributed by atoms with Crippen LogP contribution in [0.1, 0.15) is 38.7 Å². The summed E-state index contributed by atoms with van der Waals surface area (Å²) in [6, 6.07) is 6.56. The Bertz CT molecular complexity index is 622. The molecule has 1 aliphatic rings. The van der Waals surface area contributed by atoms with Crippen LogP contribution in [0.4, 0.5) is 0 Å². The van der Waals surface area contributed by atoms with Crippen molar-refractivity contribution < 1.29 is 17.9 Å². The number of nitrogens with zero attached hydrogens (tertiary/aromatic N) is 1. The highest BCUT2D eigenvalue weighted by Crippen LogP contribution is 2.24. The zero-order chi connectivity index (χ0) is 16.3. The fourth-order valence-corrected chi connectivity index (χ4v) is 4.20. The first-order valence-electron chi connectivity index (χ1n) is 7.51. The van der Waals surface area contributed by atoms with Gasteiger partial charge in [0.25, 0.3) is 0 Å². The van der Waals surface area contributed by atoms with E-state index in [0.29, 0.717) is 12.5 Å². The second kappa shape index (κ2) is 6.89. The molecular formula is C16H23NO4S. The lowest BCUT2D eigenvalue weighted by atomic mass is 10.0. The van der Waals surface area contributed by atoms with Gasteiger partial charge in [-0.25, -0.2) is 8.42 Å². The molecule has 0 radical (unpaired) electrons. The molecule has 1 saturated heterocycles. The second-order valence-corrected chi connectivity index (χ2v) is 7.86. The normalized spacial score (nSPS) is 20.3. The molecule has 1 fully saturated rings. The van der Waals surface area contributed by atoms with E-state index in [9.17, 15) is 13.2 Å². The summed E-state index contributed by atoms with van der Waals surface area (Å²) in [5.74, 6) is 0.316. The first kappa shape index (κ1) is 17.1. The number of hydrogen-bond donors (Lipinski definition) is 0. The van der Waals surface area contributed by atoms with Crippen LogP contribution in [0, 0.1) is 0 Å². The fourth-order valence-electron chi connectivity index (χ4n) is 2.61. The van der Waals surface area contributed by atoms with E-state index in [-0.39, 0.29) is 30.3 Å². The fraction of sp³-hybridized carbons (Fsp3) is 0.562. The summed E-state index contributed by atoms with van der Waals surface area (Å²) in [6.07, 6.45) is 0.184. The highest BCUT2D eigenvalue weighted by molar-refractivity contribution is 7.89. The van der Waals surface area contributed by atoms with Crippen molar-refractivity contribution in [2.24, 2.45) is 0 Å². The summed E-state index contributed by atoms with van der Waals surface area (Å²) in [6.45, 7) is 6.51. The number of carbonyl (C=O) groups is 1. The minimum atomic E-state index is -3.60. The summed E-state index contributed by atoms with van der Waals surface area (Å²) in [5, 5.41) is 0. The molecule has 122 valence electrons. The molecule has 2 rings (SSSR count). The molecule has 1 aromatic rings. The Morgan fingerprint density at radius 1 is 1.32 bits per heavy atom. The molecule has 0 amide bonds. The van der Waals surface area contributed by atoms with E-state index in [4.69, 9.17) is 4.74 Å². The number of carbonyl (C=O) groups excluding carboxylic acids is 1. The van der Waals surface area contributed by atoms with Gasteiger partial charge in [-0.3, -0.25) is 4.79 Å². The van der Waals surface area contributed by atoms with Gasteiger partial charge >= 0.3 is 0 Å². The molecule has 1 atom stereocenters. The molecule has 5 nitrogen and oxygen atoms in total. The summed E-state index contributed by atoms with van der Waals surface area (Å²) >= 11 is 0. The lowest BCUT2D eigenvalue weighted by Crippen LogP contribution is -2.49. The van der Waals surface area contributed by atoms with Gasteiger partial charge in [-0.1, -0.05) is 26.0 Å². The molecule has 1 aliphatic heterocycles. The Morgan fingerprint density at radius 3 is 2.50 bits per heavy atom. The molecule has 0 spiro atoms. The van der Waals surface area contributed by atoms with Gasteiger partial charge in [-0.2, -0.15) is 4.31 Å². The van der Waals surface area contributed by atoms with Gasteiger partial charge in [0, 0.05) is 13.0 Å². The smallest absolute Gasteiger partial charge is 0.243 e. The van der Waals surface area contributed by atoms with E-state index in [1.165, 1.54) is 11.2 Å². The summed E-state index contributed by atoms with van der Waals surface area (Å²) in [5.41, 5.74) is 1.10. The van der Waals surface area contributed by atoms with Crippen molar-refractivity contribution in [3.63, 3.8) is 0 Å². The van der Waals surface area contributed by atoms with Crippen LogP contribution in [0.2, 0.25) is 0 Å². The summed E-state index contributed by atoms with van der Waals surface area (Å²) in [7, 11) is -3.60. The summed E-state index contributed by atoms with van der Waals surface area (Å²) in [4.78, 5) is 11.6. The van der Waals surface area contributed by atoms with Gasteiger partial charge in [0.05, 0.1) is 24.2 Å². The largest absolute Gasteiger partial charge is 0.378 e. The first-order chi connectivity index (χ1) is 10.3. The van der Waals surface area contributed by atoms with Gasteiger partial charge in [0.2, 0.25) is 10.0 Å². The van der Waals surface area contributed by atoms with E-state index in [1.807, 2.05) is 12.1 Å². The Kier molecular flexibility index (Phi) is 5.36. The summed E-state index contributed by atoms with van der Waals surface area (Å²) < 4.78 is 32.4. The van der Waals surface area contributed by atoms with Gasteiger partial charge in [0.1, 0.15) is 5.78 Å². The number of sulfonamides is 1. The molecule has 0 bridgehead atoms. The number of benzene rings is 1. The molecule has 1 unspecified atom stereocenters. The number of ketones is 1. The molecular weight excluding hydrogens is 302 g/mol. The van der Waals surface area contributed by atoms with Gasteiger partial charge in [-0.15, -0.1) is 0 Å². The van der Waals surface area contributed by atoms with Crippen molar-refractivity contribution in [1.82, 2.24) is 4.31 Å². The molecule has 0 aromatic heterocycles. The Balaban J connectivity index is 2.28. The van der Waals surface area contributed by atoms with Crippen LogP contribution >= 0.6 is 0 Å². The number of hydrogen-bond acceptors (Lipinski definition) is 4. The topological polar surface area (TPSA) is 63.7 Å². The quantitative estimate of drug-likeness (QED) is 0.832. The third-order valence-corrected chi connectivity index (χ3v) is 5.82. The van der Waals surface area contributed by atoms with Crippen LogP contribution in [0.15, 0.2) is 29.2 Å². The minimum absolute atomic E-state index is 0.0362. The van der Waals surface area contributed by atoms with Crippen LogP contribution in [0.5, 0.6) is 0 Å². The molecule has 0 aliphatic carbocycles. The second-order valence-electron chi connectivity index (χ2n) is 5.97.